The van der Waals surface area contributed by atoms with E-state index in [1.165, 1.54) is 18.2 Å². The fourth-order valence-corrected chi connectivity index (χ4v) is 1.62. The molecule has 2 N–H and O–H groups in total. The molecule has 0 aliphatic heterocycles. The van der Waals surface area contributed by atoms with E-state index in [9.17, 15) is 14.0 Å². The number of carbonyl (C=O) groups excluding carboxylic acids is 2. The Balaban J connectivity index is 2.41. The van der Waals surface area contributed by atoms with E-state index in [2.05, 4.69) is 10.6 Å². The molecule has 0 bridgehead atoms. The van der Waals surface area contributed by atoms with Crippen molar-refractivity contribution in [3.8, 4) is 0 Å². The highest BCUT2D eigenvalue weighted by Crippen LogP contribution is 2.09. The molecule has 0 fully saturated rings. The molecule has 1 aromatic carbocycles. The van der Waals surface area contributed by atoms with Gasteiger partial charge in [0.1, 0.15) is 5.82 Å². The van der Waals surface area contributed by atoms with Gasteiger partial charge in [0, 0.05) is 25.1 Å². The Morgan fingerprint density at radius 2 is 1.95 bits per heavy atom. The van der Waals surface area contributed by atoms with E-state index < -0.39 is 0 Å². The molecule has 0 unspecified atom stereocenters. The lowest BCUT2D eigenvalue weighted by Gasteiger charge is -2.08. The van der Waals surface area contributed by atoms with Crippen molar-refractivity contribution in [3.63, 3.8) is 0 Å². The first-order valence-corrected chi connectivity index (χ1v) is 6.35. The van der Waals surface area contributed by atoms with E-state index in [-0.39, 0.29) is 30.6 Å². The maximum atomic E-state index is 12.9. The molecule has 1 rings (SSSR count). The summed E-state index contributed by atoms with van der Waals surface area (Å²) in [6, 6.07) is 4.00. The Morgan fingerprint density at radius 1 is 1.21 bits per heavy atom. The van der Waals surface area contributed by atoms with Crippen LogP contribution >= 0.6 is 0 Å². The van der Waals surface area contributed by atoms with Crippen LogP contribution in [0.2, 0.25) is 0 Å². The van der Waals surface area contributed by atoms with Crippen LogP contribution in [0.3, 0.4) is 0 Å². The first-order chi connectivity index (χ1) is 9.04. The van der Waals surface area contributed by atoms with Crippen LogP contribution in [0.25, 0.3) is 0 Å². The zero-order valence-electron chi connectivity index (χ0n) is 11.3. The Kier molecular flexibility index (Phi) is 5.99. The van der Waals surface area contributed by atoms with Crippen molar-refractivity contribution in [1.29, 1.82) is 0 Å². The van der Waals surface area contributed by atoms with Crippen molar-refractivity contribution in [2.75, 3.05) is 13.1 Å². The van der Waals surface area contributed by atoms with Crippen LogP contribution in [0.5, 0.6) is 0 Å². The van der Waals surface area contributed by atoms with Gasteiger partial charge in [-0.3, -0.25) is 9.59 Å². The van der Waals surface area contributed by atoms with E-state index in [1.807, 2.05) is 6.92 Å². The van der Waals surface area contributed by atoms with Crippen LogP contribution in [0.1, 0.15) is 35.7 Å². The second-order valence-corrected chi connectivity index (χ2v) is 4.32. The number of amides is 2. The summed E-state index contributed by atoms with van der Waals surface area (Å²) in [7, 11) is 0. The fraction of sp³-hybridized carbons (Fsp3) is 0.429. The third kappa shape index (κ3) is 5.07. The zero-order valence-corrected chi connectivity index (χ0v) is 11.3. The van der Waals surface area contributed by atoms with Crippen molar-refractivity contribution in [3.05, 3.63) is 35.1 Å². The van der Waals surface area contributed by atoms with Gasteiger partial charge in [-0.25, -0.2) is 4.39 Å². The topological polar surface area (TPSA) is 58.2 Å². The molecule has 2 amide bonds. The van der Waals surface area contributed by atoms with Gasteiger partial charge in [0.2, 0.25) is 5.91 Å². The highest BCUT2D eigenvalue weighted by molar-refractivity contribution is 5.95. The lowest BCUT2D eigenvalue weighted by molar-refractivity contribution is -0.120. The van der Waals surface area contributed by atoms with Gasteiger partial charge < -0.3 is 10.6 Å². The quantitative estimate of drug-likeness (QED) is 0.824. The van der Waals surface area contributed by atoms with E-state index in [1.54, 1.807) is 6.92 Å². The molecule has 1 aromatic rings. The molecular weight excluding hydrogens is 247 g/mol. The Hall–Kier alpha value is -1.91. The number of rotatable bonds is 6. The molecule has 0 aliphatic rings. The molecular formula is C14H19FN2O2. The van der Waals surface area contributed by atoms with Gasteiger partial charge >= 0.3 is 0 Å². The van der Waals surface area contributed by atoms with Crippen LogP contribution in [-0.4, -0.2) is 24.9 Å². The Labute approximate surface area is 112 Å². The van der Waals surface area contributed by atoms with Crippen molar-refractivity contribution in [1.82, 2.24) is 10.6 Å². The monoisotopic (exact) mass is 266 g/mol. The average molecular weight is 266 g/mol. The summed E-state index contributed by atoms with van der Waals surface area (Å²) in [5, 5.41) is 5.37. The number of carbonyl (C=O) groups is 2. The van der Waals surface area contributed by atoms with E-state index in [0.29, 0.717) is 17.7 Å². The standard InChI is InChI=1S/C14H19FN2O2/c1-3-7-16-13(18)6-8-17-14(19)12-5-4-11(15)9-10(12)2/h4-5,9H,3,6-8H2,1-2H3,(H,16,18)(H,17,19). The number of hydrogen-bond acceptors (Lipinski definition) is 2. The van der Waals surface area contributed by atoms with Crippen LogP contribution < -0.4 is 10.6 Å². The third-order valence-corrected chi connectivity index (χ3v) is 2.64. The molecule has 0 saturated heterocycles. The highest BCUT2D eigenvalue weighted by atomic mass is 19.1. The van der Waals surface area contributed by atoms with Crippen molar-refractivity contribution in [2.45, 2.75) is 26.7 Å². The van der Waals surface area contributed by atoms with Gasteiger partial charge in [0.15, 0.2) is 0 Å². The van der Waals surface area contributed by atoms with Crippen LogP contribution in [0.4, 0.5) is 4.39 Å². The maximum Gasteiger partial charge on any atom is 0.251 e. The van der Waals surface area contributed by atoms with E-state index in [0.717, 1.165) is 6.42 Å². The molecule has 4 nitrogen and oxygen atoms in total. The molecule has 0 aromatic heterocycles. The summed E-state index contributed by atoms with van der Waals surface area (Å²) in [5.74, 6) is -0.744. The van der Waals surface area contributed by atoms with E-state index >= 15 is 0 Å². The molecule has 104 valence electrons. The van der Waals surface area contributed by atoms with Crippen molar-refractivity contribution >= 4 is 11.8 Å². The number of hydrogen-bond donors (Lipinski definition) is 2. The SMILES string of the molecule is CCCNC(=O)CCNC(=O)c1ccc(F)cc1C. The minimum Gasteiger partial charge on any atom is -0.356 e. The largest absolute Gasteiger partial charge is 0.356 e. The van der Waals surface area contributed by atoms with Crippen LogP contribution in [0, 0.1) is 12.7 Å². The highest BCUT2D eigenvalue weighted by Gasteiger charge is 2.09. The molecule has 19 heavy (non-hydrogen) atoms. The Morgan fingerprint density at radius 3 is 2.58 bits per heavy atom. The number of aryl methyl sites for hydroxylation is 1. The lowest BCUT2D eigenvalue weighted by atomic mass is 10.1. The summed E-state index contributed by atoms with van der Waals surface area (Å²) in [6.07, 6.45) is 1.12. The molecule has 0 radical (unpaired) electrons. The van der Waals surface area contributed by atoms with E-state index in [4.69, 9.17) is 0 Å². The summed E-state index contributed by atoms with van der Waals surface area (Å²) < 4.78 is 12.9. The minimum atomic E-state index is -0.368. The minimum absolute atomic E-state index is 0.0852. The van der Waals surface area contributed by atoms with Crippen LogP contribution in [-0.2, 0) is 4.79 Å². The number of nitrogens with one attached hydrogen (secondary N) is 2. The van der Waals surface area contributed by atoms with Gasteiger partial charge in [0.05, 0.1) is 0 Å². The summed E-state index contributed by atoms with van der Waals surface area (Å²) in [6.45, 7) is 4.56. The predicted octanol–water partition coefficient (Wildman–Crippen LogP) is 1.78. The molecule has 0 aliphatic carbocycles. The predicted molar refractivity (Wildman–Crippen MR) is 71.4 cm³/mol. The molecule has 5 heteroatoms. The summed E-state index contributed by atoms with van der Waals surface area (Å²) in [5.41, 5.74) is 1.00. The molecule has 0 spiro atoms. The van der Waals surface area contributed by atoms with Gasteiger partial charge in [-0.2, -0.15) is 0 Å². The van der Waals surface area contributed by atoms with Crippen LogP contribution in [0.15, 0.2) is 18.2 Å². The smallest absolute Gasteiger partial charge is 0.251 e. The van der Waals surface area contributed by atoms with Gasteiger partial charge in [-0.15, -0.1) is 0 Å². The lowest BCUT2D eigenvalue weighted by Crippen LogP contribution is -2.31. The second-order valence-electron chi connectivity index (χ2n) is 4.32. The first-order valence-electron chi connectivity index (χ1n) is 6.35. The summed E-state index contributed by atoms with van der Waals surface area (Å²) in [4.78, 5) is 23.1. The van der Waals surface area contributed by atoms with Crippen molar-refractivity contribution in [2.24, 2.45) is 0 Å². The molecule has 0 heterocycles. The molecule has 0 saturated carbocycles. The van der Waals surface area contributed by atoms with Gasteiger partial charge in [-0.05, 0) is 37.1 Å². The third-order valence-electron chi connectivity index (χ3n) is 2.64. The first kappa shape index (κ1) is 15.1. The molecule has 0 atom stereocenters. The Bertz CT molecular complexity index is 461. The van der Waals surface area contributed by atoms with Crippen molar-refractivity contribution < 1.29 is 14.0 Å². The zero-order chi connectivity index (χ0) is 14.3. The second kappa shape index (κ2) is 7.51. The van der Waals surface area contributed by atoms with Gasteiger partial charge in [-0.1, -0.05) is 6.92 Å². The number of halogens is 1. The van der Waals surface area contributed by atoms with Gasteiger partial charge in [0.25, 0.3) is 5.91 Å². The number of benzene rings is 1. The summed E-state index contributed by atoms with van der Waals surface area (Å²) >= 11 is 0. The normalized spacial score (nSPS) is 10.1. The average Bonchev–Trinajstić information content (AvgIpc) is 2.36. The maximum absolute atomic E-state index is 12.9. The fourth-order valence-electron chi connectivity index (χ4n) is 1.62.